The molecule has 0 aliphatic heterocycles. The molecular formula is C19H20F2N6O5S. The third kappa shape index (κ3) is 5.01. The highest BCUT2D eigenvalue weighted by Crippen LogP contribution is 2.31. The summed E-state index contributed by atoms with van der Waals surface area (Å²) in [5, 5.41) is 18.2. The van der Waals surface area contributed by atoms with Crippen molar-refractivity contribution in [2.45, 2.75) is 38.3 Å². The van der Waals surface area contributed by atoms with Gasteiger partial charge in [0.25, 0.3) is 12.3 Å². The highest BCUT2D eigenvalue weighted by molar-refractivity contribution is 7.17. The molecule has 1 amide bonds. The molecule has 0 unspecified atom stereocenters. The maximum Gasteiger partial charge on any atom is 0.381 e. The van der Waals surface area contributed by atoms with Gasteiger partial charge in [0.2, 0.25) is 16.0 Å². The molecule has 1 fully saturated rings. The van der Waals surface area contributed by atoms with Crippen LogP contribution >= 0.6 is 11.3 Å². The van der Waals surface area contributed by atoms with Gasteiger partial charge in [-0.05, 0) is 25.8 Å². The van der Waals surface area contributed by atoms with Crippen LogP contribution in [0.3, 0.4) is 0 Å². The van der Waals surface area contributed by atoms with Gasteiger partial charge in [-0.1, -0.05) is 11.3 Å². The number of hydrogen-bond acceptors (Lipinski definition) is 10. The molecule has 2 N–H and O–H groups in total. The second kappa shape index (κ2) is 9.62. The normalized spacial score (nSPS) is 17.6. The number of amides is 1. The fraction of sp³-hybridized carbons (Fsp3) is 0.421. The van der Waals surface area contributed by atoms with Crippen molar-refractivity contribution < 1.29 is 27.5 Å². The lowest BCUT2D eigenvalue weighted by molar-refractivity contribution is -0.0593. The van der Waals surface area contributed by atoms with Gasteiger partial charge in [0, 0.05) is 18.0 Å². The summed E-state index contributed by atoms with van der Waals surface area (Å²) < 4.78 is 41.8. The minimum Gasteiger partial charge on any atom is -0.488 e. The van der Waals surface area contributed by atoms with Crippen LogP contribution < -0.4 is 21.0 Å². The standard InChI is InChI=1S/C19H20F2N6O5S/c1-9-5-6-22-27(9)19-26-25-18(33-19)24-16(28)13-7-11(15(30-2)17(29)32-13)23-10-3-4-12(10)31-8-14(20)21/h5-7,10,12,14,23H,3-4,8H2,1-2H3,(H,24,25,28)/t10-,12+/m0/s1. The van der Waals surface area contributed by atoms with Gasteiger partial charge in [0.15, 0.2) is 5.76 Å². The van der Waals surface area contributed by atoms with E-state index in [4.69, 9.17) is 13.9 Å². The number of methoxy groups -OCH3 is 1. The van der Waals surface area contributed by atoms with Gasteiger partial charge in [0.05, 0.1) is 24.9 Å². The largest absolute Gasteiger partial charge is 0.488 e. The predicted octanol–water partition coefficient (Wildman–Crippen LogP) is 2.47. The Hall–Kier alpha value is -3.39. The van der Waals surface area contributed by atoms with Crippen molar-refractivity contribution in [2.75, 3.05) is 24.4 Å². The number of aromatic nitrogens is 4. The molecule has 3 aromatic rings. The van der Waals surface area contributed by atoms with E-state index in [9.17, 15) is 18.4 Å². The first-order valence-corrected chi connectivity index (χ1v) is 10.7. The van der Waals surface area contributed by atoms with Gasteiger partial charge in [-0.3, -0.25) is 10.1 Å². The molecule has 176 valence electrons. The number of carbonyl (C=O) groups is 1. The number of halogens is 2. The lowest BCUT2D eigenvalue weighted by atomic mass is 9.88. The van der Waals surface area contributed by atoms with Crippen molar-refractivity contribution in [2.24, 2.45) is 0 Å². The number of anilines is 2. The monoisotopic (exact) mass is 482 g/mol. The first-order valence-electron chi connectivity index (χ1n) is 9.90. The van der Waals surface area contributed by atoms with Gasteiger partial charge in [-0.25, -0.2) is 18.3 Å². The first-order chi connectivity index (χ1) is 15.9. The minimum absolute atomic E-state index is 0.140. The molecule has 0 saturated heterocycles. The lowest BCUT2D eigenvalue weighted by Gasteiger charge is -2.37. The molecule has 0 aromatic carbocycles. The number of rotatable bonds is 9. The van der Waals surface area contributed by atoms with E-state index in [1.807, 2.05) is 6.92 Å². The average molecular weight is 482 g/mol. The number of alkyl halides is 2. The van der Waals surface area contributed by atoms with Crippen LogP contribution in [0, 0.1) is 6.92 Å². The smallest absolute Gasteiger partial charge is 0.381 e. The molecule has 3 aromatic heterocycles. The number of aryl methyl sites for hydroxylation is 1. The van der Waals surface area contributed by atoms with Gasteiger partial charge >= 0.3 is 5.63 Å². The summed E-state index contributed by atoms with van der Waals surface area (Å²) in [5.41, 5.74) is 0.161. The van der Waals surface area contributed by atoms with E-state index >= 15 is 0 Å². The molecule has 0 radical (unpaired) electrons. The van der Waals surface area contributed by atoms with Crippen LogP contribution in [0.5, 0.6) is 5.75 Å². The Labute approximate surface area is 189 Å². The highest BCUT2D eigenvalue weighted by atomic mass is 32.1. The van der Waals surface area contributed by atoms with E-state index in [2.05, 4.69) is 25.9 Å². The zero-order valence-electron chi connectivity index (χ0n) is 17.6. The summed E-state index contributed by atoms with van der Waals surface area (Å²) in [7, 11) is 1.28. The van der Waals surface area contributed by atoms with E-state index < -0.39 is 30.7 Å². The summed E-state index contributed by atoms with van der Waals surface area (Å²) in [6.07, 6.45) is -0.173. The summed E-state index contributed by atoms with van der Waals surface area (Å²) in [6, 6.07) is 2.78. The van der Waals surface area contributed by atoms with Crippen molar-refractivity contribution in [1.82, 2.24) is 20.0 Å². The molecule has 1 aliphatic rings. The van der Waals surface area contributed by atoms with Crippen molar-refractivity contribution in [3.8, 4) is 10.9 Å². The predicted molar refractivity (Wildman–Crippen MR) is 114 cm³/mol. The third-order valence-electron chi connectivity index (χ3n) is 4.97. The van der Waals surface area contributed by atoms with Gasteiger partial charge in [-0.15, -0.1) is 10.2 Å². The van der Waals surface area contributed by atoms with Gasteiger partial charge in [-0.2, -0.15) is 5.10 Å². The van der Waals surface area contributed by atoms with Crippen LogP contribution in [-0.4, -0.2) is 58.2 Å². The second-order valence-corrected chi connectivity index (χ2v) is 8.12. The Kier molecular flexibility index (Phi) is 6.65. The average Bonchev–Trinajstić information content (AvgIpc) is 3.39. The summed E-state index contributed by atoms with van der Waals surface area (Å²) in [4.78, 5) is 25.0. The molecule has 4 rings (SSSR count). The molecule has 14 heteroatoms. The quantitative estimate of drug-likeness (QED) is 0.472. The van der Waals surface area contributed by atoms with Crippen LogP contribution in [0.25, 0.3) is 5.13 Å². The number of carbonyl (C=O) groups excluding carboxylic acids is 1. The Morgan fingerprint density at radius 1 is 1.39 bits per heavy atom. The molecule has 1 aliphatic carbocycles. The van der Waals surface area contributed by atoms with E-state index in [-0.39, 0.29) is 28.4 Å². The molecular weight excluding hydrogens is 462 g/mol. The second-order valence-electron chi connectivity index (χ2n) is 7.16. The maximum atomic E-state index is 12.7. The molecule has 3 heterocycles. The van der Waals surface area contributed by atoms with E-state index in [0.29, 0.717) is 18.0 Å². The highest BCUT2D eigenvalue weighted by Gasteiger charge is 2.33. The summed E-state index contributed by atoms with van der Waals surface area (Å²) in [5.74, 6) is -1.16. The van der Waals surface area contributed by atoms with Crippen molar-refractivity contribution >= 4 is 28.1 Å². The SMILES string of the molecule is COc1c(N[C@H]2CC[C@H]2OCC(F)F)cc(C(=O)Nc2nnc(-n3nccc3C)s2)oc1=O. The number of hydrogen-bond donors (Lipinski definition) is 2. The maximum absolute atomic E-state index is 12.7. The fourth-order valence-electron chi connectivity index (χ4n) is 3.20. The lowest BCUT2D eigenvalue weighted by Crippen LogP contribution is -2.45. The molecule has 11 nitrogen and oxygen atoms in total. The number of ether oxygens (including phenoxy) is 2. The Morgan fingerprint density at radius 3 is 2.85 bits per heavy atom. The van der Waals surface area contributed by atoms with Crippen molar-refractivity contribution in [3.05, 3.63) is 40.2 Å². The number of nitrogens with zero attached hydrogens (tertiary/aromatic N) is 4. The Morgan fingerprint density at radius 2 is 2.21 bits per heavy atom. The zero-order valence-corrected chi connectivity index (χ0v) is 18.4. The molecule has 2 atom stereocenters. The summed E-state index contributed by atoms with van der Waals surface area (Å²) in [6.45, 7) is 1.17. The molecule has 33 heavy (non-hydrogen) atoms. The summed E-state index contributed by atoms with van der Waals surface area (Å²) >= 11 is 1.08. The fourth-order valence-corrected chi connectivity index (χ4v) is 3.96. The first kappa shape index (κ1) is 22.8. The van der Waals surface area contributed by atoms with Crippen LogP contribution in [0.2, 0.25) is 0 Å². The van der Waals surface area contributed by atoms with Crippen molar-refractivity contribution in [1.29, 1.82) is 0 Å². The Balaban J connectivity index is 1.49. The van der Waals surface area contributed by atoms with E-state index in [0.717, 1.165) is 17.0 Å². The van der Waals surface area contributed by atoms with Crippen LogP contribution in [0.4, 0.5) is 19.6 Å². The van der Waals surface area contributed by atoms with Crippen LogP contribution in [0.1, 0.15) is 29.1 Å². The third-order valence-corrected chi connectivity index (χ3v) is 5.79. The molecule has 0 bridgehead atoms. The Bertz CT molecular complexity index is 1200. The van der Waals surface area contributed by atoms with Crippen LogP contribution in [-0.2, 0) is 4.74 Å². The van der Waals surface area contributed by atoms with Gasteiger partial charge in [0.1, 0.15) is 6.61 Å². The minimum atomic E-state index is -2.57. The topological polar surface area (TPSA) is 133 Å². The van der Waals surface area contributed by atoms with E-state index in [1.165, 1.54) is 13.2 Å². The number of nitrogens with one attached hydrogen (secondary N) is 2. The van der Waals surface area contributed by atoms with Crippen LogP contribution in [0.15, 0.2) is 27.5 Å². The van der Waals surface area contributed by atoms with Crippen molar-refractivity contribution in [3.63, 3.8) is 0 Å². The molecule has 0 spiro atoms. The molecule has 1 saturated carbocycles. The van der Waals surface area contributed by atoms with Gasteiger partial charge < -0.3 is 19.2 Å². The zero-order chi connectivity index (χ0) is 23.5. The van der Waals surface area contributed by atoms with E-state index in [1.54, 1.807) is 16.9 Å².